The molecular formula is C18H21BrO. The Morgan fingerprint density at radius 3 is 2.00 bits per heavy atom. The summed E-state index contributed by atoms with van der Waals surface area (Å²) in [5.74, 6) is 0. The fourth-order valence-electron chi connectivity index (χ4n) is 2.69. The molecule has 0 aromatic heterocycles. The molecule has 0 aliphatic carbocycles. The van der Waals surface area contributed by atoms with Gasteiger partial charge in [0, 0.05) is 4.47 Å². The van der Waals surface area contributed by atoms with Crippen molar-refractivity contribution < 1.29 is 5.11 Å². The average Bonchev–Trinajstić information content (AvgIpc) is 2.39. The molecule has 0 aliphatic heterocycles. The molecule has 2 aromatic carbocycles. The minimum atomic E-state index is -0.595. The Labute approximate surface area is 129 Å². The topological polar surface area (TPSA) is 20.2 Å². The summed E-state index contributed by atoms with van der Waals surface area (Å²) in [6.45, 7) is 10.4. The minimum Gasteiger partial charge on any atom is -0.384 e. The van der Waals surface area contributed by atoms with Crippen molar-refractivity contribution >= 4 is 15.9 Å². The van der Waals surface area contributed by atoms with Gasteiger partial charge in [0.2, 0.25) is 0 Å². The van der Waals surface area contributed by atoms with E-state index in [2.05, 4.69) is 49.7 Å². The third kappa shape index (κ3) is 2.68. The van der Waals surface area contributed by atoms with Crippen molar-refractivity contribution in [1.29, 1.82) is 0 Å². The van der Waals surface area contributed by atoms with Crippen molar-refractivity contribution in [2.45, 2.75) is 40.7 Å². The summed E-state index contributed by atoms with van der Waals surface area (Å²) in [4.78, 5) is 0. The number of aliphatic hydroxyl groups excluding tert-OH is 1. The number of hydrogen-bond acceptors (Lipinski definition) is 1. The van der Waals surface area contributed by atoms with Crippen LogP contribution in [0.25, 0.3) is 0 Å². The van der Waals surface area contributed by atoms with Crippen LogP contribution in [-0.2, 0) is 0 Å². The maximum Gasteiger partial charge on any atom is 0.106 e. The predicted molar refractivity (Wildman–Crippen MR) is 88.3 cm³/mol. The molecule has 1 nitrogen and oxygen atoms in total. The number of rotatable bonds is 2. The van der Waals surface area contributed by atoms with Crippen molar-refractivity contribution in [3.05, 3.63) is 67.7 Å². The van der Waals surface area contributed by atoms with Crippen LogP contribution in [0.4, 0.5) is 0 Å². The van der Waals surface area contributed by atoms with Gasteiger partial charge in [0.15, 0.2) is 0 Å². The third-order valence-corrected chi connectivity index (χ3v) is 4.87. The van der Waals surface area contributed by atoms with E-state index in [9.17, 15) is 5.11 Å². The Bertz CT molecular complexity index is 633. The van der Waals surface area contributed by atoms with Crippen LogP contribution in [0.1, 0.15) is 45.0 Å². The first-order valence-electron chi connectivity index (χ1n) is 6.84. The van der Waals surface area contributed by atoms with E-state index < -0.39 is 6.10 Å². The van der Waals surface area contributed by atoms with Gasteiger partial charge in [-0.1, -0.05) is 39.7 Å². The zero-order valence-electron chi connectivity index (χ0n) is 12.7. The Balaban J connectivity index is 2.65. The number of halogens is 1. The molecule has 2 rings (SSSR count). The monoisotopic (exact) mass is 332 g/mol. The van der Waals surface area contributed by atoms with Crippen molar-refractivity contribution in [2.75, 3.05) is 0 Å². The van der Waals surface area contributed by atoms with Gasteiger partial charge >= 0.3 is 0 Å². The highest BCUT2D eigenvalue weighted by molar-refractivity contribution is 9.10. The van der Waals surface area contributed by atoms with E-state index in [1.165, 1.54) is 22.3 Å². The lowest BCUT2D eigenvalue weighted by Gasteiger charge is -2.21. The van der Waals surface area contributed by atoms with Crippen molar-refractivity contribution in [3.8, 4) is 0 Å². The number of aliphatic hydroxyl groups is 1. The molecule has 2 heteroatoms. The molecule has 0 spiro atoms. The summed E-state index contributed by atoms with van der Waals surface area (Å²) in [6.07, 6.45) is -0.595. The van der Waals surface area contributed by atoms with Gasteiger partial charge in [-0.15, -0.1) is 0 Å². The second-order valence-corrected chi connectivity index (χ2v) is 6.46. The molecule has 1 N–H and O–H groups in total. The summed E-state index contributed by atoms with van der Waals surface area (Å²) in [7, 11) is 0. The second-order valence-electron chi connectivity index (χ2n) is 5.60. The summed E-state index contributed by atoms with van der Waals surface area (Å²) >= 11 is 3.55. The molecule has 2 aromatic rings. The smallest absolute Gasteiger partial charge is 0.106 e. The van der Waals surface area contributed by atoms with Crippen LogP contribution >= 0.6 is 15.9 Å². The minimum absolute atomic E-state index is 0.595. The molecule has 1 atom stereocenters. The highest BCUT2D eigenvalue weighted by Crippen LogP contribution is 2.35. The van der Waals surface area contributed by atoms with E-state index in [0.29, 0.717) is 0 Å². The molecule has 106 valence electrons. The van der Waals surface area contributed by atoms with Gasteiger partial charge < -0.3 is 5.11 Å². The molecule has 1 unspecified atom stereocenters. The van der Waals surface area contributed by atoms with Gasteiger partial charge in [0.25, 0.3) is 0 Å². The van der Waals surface area contributed by atoms with E-state index >= 15 is 0 Å². The molecule has 0 bridgehead atoms. The van der Waals surface area contributed by atoms with Crippen LogP contribution in [0.15, 0.2) is 28.7 Å². The summed E-state index contributed by atoms with van der Waals surface area (Å²) in [6, 6.07) is 8.28. The highest BCUT2D eigenvalue weighted by atomic mass is 79.9. The molecule has 0 heterocycles. The van der Waals surface area contributed by atoms with Crippen molar-refractivity contribution in [3.63, 3.8) is 0 Å². The quantitative estimate of drug-likeness (QED) is 0.813. The lowest BCUT2D eigenvalue weighted by atomic mass is 9.88. The second kappa shape index (κ2) is 5.71. The lowest BCUT2D eigenvalue weighted by Crippen LogP contribution is -2.08. The van der Waals surface area contributed by atoms with Crippen LogP contribution in [0.5, 0.6) is 0 Å². The maximum absolute atomic E-state index is 10.9. The fourth-order valence-corrected chi connectivity index (χ4v) is 3.15. The van der Waals surface area contributed by atoms with E-state index in [4.69, 9.17) is 0 Å². The average molecular weight is 333 g/mol. The molecule has 0 fully saturated rings. The van der Waals surface area contributed by atoms with Gasteiger partial charge in [-0.25, -0.2) is 0 Å². The van der Waals surface area contributed by atoms with Gasteiger partial charge in [0.05, 0.1) is 0 Å². The molecule has 0 radical (unpaired) electrons. The van der Waals surface area contributed by atoms with E-state index in [-0.39, 0.29) is 0 Å². The van der Waals surface area contributed by atoms with Crippen LogP contribution in [0, 0.1) is 34.6 Å². The maximum atomic E-state index is 10.9. The number of aryl methyl sites for hydroxylation is 3. The van der Waals surface area contributed by atoms with Gasteiger partial charge in [0.1, 0.15) is 6.10 Å². The van der Waals surface area contributed by atoms with Gasteiger partial charge in [-0.05, 0) is 74.1 Å². The zero-order valence-corrected chi connectivity index (χ0v) is 14.3. The molecule has 0 saturated carbocycles. The predicted octanol–water partition coefficient (Wildman–Crippen LogP) is 5.07. The highest BCUT2D eigenvalue weighted by Gasteiger charge is 2.20. The van der Waals surface area contributed by atoms with Gasteiger partial charge in [-0.2, -0.15) is 0 Å². The molecule has 0 amide bonds. The lowest BCUT2D eigenvalue weighted by molar-refractivity contribution is 0.217. The zero-order chi connectivity index (χ0) is 15.0. The molecular weight excluding hydrogens is 312 g/mol. The molecule has 0 aliphatic rings. The first-order chi connectivity index (χ1) is 9.32. The van der Waals surface area contributed by atoms with E-state index in [0.717, 1.165) is 21.2 Å². The normalized spacial score (nSPS) is 12.6. The van der Waals surface area contributed by atoms with Crippen LogP contribution in [0.3, 0.4) is 0 Å². The van der Waals surface area contributed by atoms with Crippen LogP contribution in [-0.4, -0.2) is 5.11 Å². The summed E-state index contributed by atoms with van der Waals surface area (Å²) in [5, 5.41) is 10.9. The van der Waals surface area contributed by atoms with E-state index in [1.807, 2.05) is 25.1 Å². The first-order valence-corrected chi connectivity index (χ1v) is 7.63. The Kier molecular flexibility index (Phi) is 4.36. The number of hydrogen-bond donors (Lipinski definition) is 1. The standard InChI is InChI=1S/C18H21BrO/c1-10-6-7-16(19)15(8-10)18(20)17-13(4)11(2)9-12(3)14(17)5/h6-9,18,20H,1-5H3. The largest absolute Gasteiger partial charge is 0.384 e. The fraction of sp³-hybridized carbons (Fsp3) is 0.333. The Morgan fingerprint density at radius 2 is 1.45 bits per heavy atom. The van der Waals surface area contributed by atoms with Crippen molar-refractivity contribution in [1.82, 2.24) is 0 Å². The van der Waals surface area contributed by atoms with Gasteiger partial charge in [-0.3, -0.25) is 0 Å². The summed E-state index contributed by atoms with van der Waals surface area (Å²) in [5.41, 5.74) is 7.93. The Morgan fingerprint density at radius 1 is 0.900 bits per heavy atom. The Hall–Kier alpha value is -1.12. The van der Waals surface area contributed by atoms with Crippen molar-refractivity contribution in [2.24, 2.45) is 0 Å². The first kappa shape index (κ1) is 15.3. The number of benzene rings is 2. The van der Waals surface area contributed by atoms with E-state index in [1.54, 1.807) is 0 Å². The van der Waals surface area contributed by atoms with Crippen LogP contribution in [0.2, 0.25) is 0 Å². The molecule has 20 heavy (non-hydrogen) atoms. The van der Waals surface area contributed by atoms with Crippen LogP contribution < -0.4 is 0 Å². The summed E-state index contributed by atoms with van der Waals surface area (Å²) < 4.78 is 0.952. The SMILES string of the molecule is Cc1ccc(Br)c(C(O)c2c(C)c(C)cc(C)c2C)c1. The molecule has 0 saturated heterocycles. The third-order valence-electron chi connectivity index (χ3n) is 4.14.